The molecule has 0 bridgehead atoms. The summed E-state index contributed by atoms with van der Waals surface area (Å²) in [4.78, 5) is 0. The maximum Gasteiger partial charge on any atom is 0.170 e. The Bertz CT molecular complexity index is 396. The molecule has 1 rings (SSSR count). The van der Waals surface area contributed by atoms with Gasteiger partial charge in [-0.2, -0.15) is 5.26 Å². The summed E-state index contributed by atoms with van der Waals surface area (Å²) in [6.07, 6.45) is -3.23. The molecule has 0 fully saturated rings. The summed E-state index contributed by atoms with van der Waals surface area (Å²) < 4.78 is 14.2. The summed E-state index contributed by atoms with van der Waals surface area (Å²) in [6.45, 7) is 0. The molecule has 6 heteroatoms. The van der Waals surface area contributed by atoms with Crippen molar-refractivity contribution in [1.29, 1.82) is 5.26 Å². The van der Waals surface area contributed by atoms with E-state index in [0.29, 0.717) is 4.47 Å². The molecule has 0 aliphatic rings. The molecule has 2 unspecified atom stereocenters. The molecule has 1 aromatic carbocycles. The summed E-state index contributed by atoms with van der Waals surface area (Å²) in [7, 11) is 0. The van der Waals surface area contributed by atoms with E-state index in [1.807, 2.05) is 0 Å². The summed E-state index contributed by atoms with van der Waals surface area (Å²) in [5.41, 5.74) is -0.132. The highest BCUT2D eigenvalue weighted by atomic mass is 79.9. The van der Waals surface area contributed by atoms with Crippen molar-refractivity contribution in [1.82, 2.24) is 0 Å². The second-order valence-electron chi connectivity index (χ2n) is 2.80. The molecule has 15 heavy (non-hydrogen) atoms. The SMILES string of the molecule is N#CC(O)C(O)c1c(F)cc(Br)cc1Br. The number of halogens is 3. The number of hydrogen-bond donors (Lipinski definition) is 2. The number of hydrogen-bond acceptors (Lipinski definition) is 3. The van der Waals surface area contributed by atoms with Gasteiger partial charge in [0.25, 0.3) is 0 Å². The van der Waals surface area contributed by atoms with Crippen molar-refractivity contribution < 1.29 is 14.6 Å². The van der Waals surface area contributed by atoms with E-state index in [4.69, 9.17) is 10.4 Å². The smallest absolute Gasteiger partial charge is 0.170 e. The van der Waals surface area contributed by atoms with E-state index in [1.54, 1.807) is 0 Å². The first-order valence-electron chi connectivity index (χ1n) is 3.87. The fraction of sp³-hybridized carbons (Fsp3) is 0.222. The van der Waals surface area contributed by atoms with Crippen LogP contribution in [0.5, 0.6) is 0 Å². The summed E-state index contributed by atoms with van der Waals surface area (Å²) in [5.74, 6) is -0.696. The van der Waals surface area contributed by atoms with Crippen molar-refractivity contribution in [3.63, 3.8) is 0 Å². The lowest BCUT2D eigenvalue weighted by Gasteiger charge is -2.14. The number of rotatable bonds is 2. The van der Waals surface area contributed by atoms with E-state index < -0.39 is 18.0 Å². The Morgan fingerprint density at radius 3 is 2.40 bits per heavy atom. The van der Waals surface area contributed by atoms with Gasteiger partial charge in [-0.05, 0) is 12.1 Å². The molecule has 1 aromatic rings. The van der Waals surface area contributed by atoms with Crippen LogP contribution in [-0.4, -0.2) is 16.3 Å². The first-order chi connectivity index (χ1) is 6.97. The average molecular weight is 339 g/mol. The second-order valence-corrected chi connectivity index (χ2v) is 4.57. The largest absolute Gasteiger partial charge is 0.384 e. The molecule has 0 heterocycles. The highest BCUT2D eigenvalue weighted by Crippen LogP contribution is 2.31. The van der Waals surface area contributed by atoms with Crippen LogP contribution in [0, 0.1) is 17.1 Å². The van der Waals surface area contributed by atoms with Crippen molar-refractivity contribution in [2.75, 3.05) is 0 Å². The van der Waals surface area contributed by atoms with Crippen LogP contribution in [0.15, 0.2) is 21.1 Å². The lowest BCUT2D eigenvalue weighted by atomic mass is 10.0. The monoisotopic (exact) mass is 337 g/mol. The Morgan fingerprint density at radius 1 is 1.33 bits per heavy atom. The highest BCUT2D eigenvalue weighted by molar-refractivity contribution is 9.11. The summed E-state index contributed by atoms with van der Waals surface area (Å²) >= 11 is 6.12. The van der Waals surface area contributed by atoms with Gasteiger partial charge in [0.1, 0.15) is 11.9 Å². The molecule has 0 spiro atoms. The lowest BCUT2D eigenvalue weighted by molar-refractivity contribution is 0.0498. The molecule has 0 aliphatic carbocycles. The number of aliphatic hydroxyl groups excluding tert-OH is 2. The molecule has 0 saturated heterocycles. The number of nitriles is 1. The van der Waals surface area contributed by atoms with Gasteiger partial charge in [-0.25, -0.2) is 4.39 Å². The third-order valence-corrected chi connectivity index (χ3v) is 2.88. The Kier molecular flexibility index (Phi) is 4.22. The van der Waals surface area contributed by atoms with E-state index in [9.17, 15) is 9.50 Å². The highest BCUT2D eigenvalue weighted by Gasteiger charge is 2.24. The van der Waals surface area contributed by atoms with Gasteiger partial charge in [-0.1, -0.05) is 31.9 Å². The van der Waals surface area contributed by atoms with Gasteiger partial charge in [-0.3, -0.25) is 0 Å². The van der Waals surface area contributed by atoms with Gasteiger partial charge in [0.2, 0.25) is 0 Å². The van der Waals surface area contributed by atoms with E-state index >= 15 is 0 Å². The Balaban J connectivity index is 3.21. The van der Waals surface area contributed by atoms with Crippen molar-refractivity contribution in [2.45, 2.75) is 12.2 Å². The third-order valence-electron chi connectivity index (χ3n) is 1.77. The van der Waals surface area contributed by atoms with Crippen LogP contribution in [0.1, 0.15) is 11.7 Å². The van der Waals surface area contributed by atoms with Crippen LogP contribution in [0.25, 0.3) is 0 Å². The fourth-order valence-electron chi connectivity index (χ4n) is 1.06. The van der Waals surface area contributed by atoms with Crippen molar-refractivity contribution in [3.05, 3.63) is 32.5 Å². The zero-order valence-electron chi connectivity index (χ0n) is 7.28. The van der Waals surface area contributed by atoms with Gasteiger partial charge in [0.15, 0.2) is 6.10 Å². The topological polar surface area (TPSA) is 64.2 Å². The first-order valence-corrected chi connectivity index (χ1v) is 5.46. The normalized spacial score (nSPS) is 14.4. The average Bonchev–Trinajstić information content (AvgIpc) is 2.14. The molecule has 0 amide bonds. The van der Waals surface area contributed by atoms with E-state index in [1.165, 1.54) is 12.1 Å². The van der Waals surface area contributed by atoms with Crippen LogP contribution in [0.4, 0.5) is 4.39 Å². The van der Waals surface area contributed by atoms with Gasteiger partial charge in [-0.15, -0.1) is 0 Å². The minimum Gasteiger partial charge on any atom is -0.384 e. The second kappa shape index (κ2) is 5.03. The Labute approximate surface area is 102 Å². The maximum absolute atomic E-state index is 13.4. The summed E-state index contributed by atoms with van der Waals surface area (Å²) in [6, 6.07) is 4.10. The maximum atomic E-state index is 13.4. The lowest BCUT2D eigenvalue weighted by Crippen LogP contribution is -2.17. The van der Waals surface area contributed by atoms with Gasteiger partial charge in [0.05, 0.1) is 6.07 Å². The van der Waals surface area contributed by atoms with Crippen molar-refractivity contribution >= 4 is 31.9 Å². The third kappa shape index (κ3) is 2.75. The van der Waals surface area contributed by atoms with Gasteiger partial charge < -0.3 is 10.2 Å². The van der Waals surface area contributed by atoms with Gasteiger partial charge in [0, 0.05) is 14.5 Å². The molecule has 0 aliphatic heterocycles. The summed E-state index contributed by atoms with van der Waals surface area (Å²) in [5, 5.41) is 27.0. The number of nitrogens with zero attached hydrogens (tertiary/aromatic N) is 1. The van der Waals surface area contributed by atoms with E-state index in [-0.39, 0.29) is 10.0 Å². The Hall–Kier alpha value is -0.480. The molecule has 2 N–H and O–H groups in total. The zero-order chi connectivity index (χ0) is 11.6. The minimum atomic E-state index is -1.66. The van der Waals surface area contributed by atoms with Crippen molar-refractivity contribution in [2.24, 2.45) is 0 Å². The molecule has 2 atom stereocenters. The van der Waals surface area contributed by atoms with E-state index in [0.717, 1.165) is 6.07 Å². The predicted molar refractivity (Wildman–Crippen MR) is 58.4 cm³/mol. The molecule has 3 nitrogen and oxygen atoms in total. The molecule has 0 aromatic heterocycles. The molecular formula is C9H6Br2FNO2. The minimum absolute atomic E-state index is 0.132. The van der Waals surface area contributed by atoms with Crippen LogP contribution >= 0.6 is 31.9 Å². The Morgan fingerprint density at radius 2 is 1.93 bits per heavy atom. The standard InChI is InChI=1S/C9H6Br2FNO2/c10-4-1-5(11)8(6(12)2-4)9(15)7(14)3-13/h1-2,7,9,14-15H. The zero-order valence-corrected chi connectivity index (χ0v) is 10.5. The van der Waals surface area contributed by atoms with Crippen LogP contribution in [-0.2, 0) is 0 Å². The van der Waals surface area contributed by atoms with Crippen LogP contribution < -0.4 is 0 Å². The van der Waals surface area contributed by atoms with Crippen molar-refractivity contribution in [3.8, 4) is 6.07 Å². The number of aliphatic hydroxyl groups is 2. The van der Waals surface area contributed by atoms with Gasteiger partial charge >= 0.3 is 0 Å². The predicted octanol–water partition coefficient (Wildman–Crippen LogP) is 2.27. The quantitative estimate of drug-likeness (QED) is 0.813. The number of benzene rings is 1. The first kappa shape index (κ1) is 12.6. The molecule has 80 valence electrons. The van der Waals surface area contributed by atoms with Crippen LogP contribution in [0.3, 0.4) is 0 Å². The fourth-order valence-corrected chi connectivity index (χ4v) is 2.47. The van der Waals surface area contributed by atoms with E-state index in [2.05, 4.69) is 31.9 Å². The molecule has 0 radical (unpaired) electrons. The molecular weight excluding hydrogens is 333 g/mol. The van der Waals surface area contributed by atoms with Crippen LogP contribution in [0.2, 0.25) is 0 Å². The molecule has 0 saturated carbocycles.